The second kappa shape index (κ2) is 5.82. The largest absolute Gasteiger partial charge is 0.456 e. The molecular weight excluding hydrogens is 236 g/mol. The number of rotatable bonds is 5. The maximum absolute atomic E-state index is 11.0. The van der Waals surface area contributed by atoms with Gasteiger partial charge in [0.25, 0.3) is 0 Å². The summed E-state index contributed by atoms with van der Waals surface area (Å²) in [5, 5.41) is 13.8. The van der Waals surface area contributed by atoms with Crippen LogP contribution in [0.4, 0.5) is 11.6 Å². The number of terminal acetylenes is 1. The number of anilines is 1. The maximum atomic E-state index is 11.0. The van der Waals surface area contributed by atoms with Crippen molar-refractivity contribution >= 4 is 11.6 Å². The molecule has 1 rings (SSSR count). The van der Waals surface area contributed by atoms with Crippen LogP contribution >= 0.6 is 0 Å². The Bertz CT molecular complexity index is 496. The molecule has 18 heavy (non-hydrogen) atoms. The minimum absolute atomic E-state index is 0.117. The monoisotopic (exact) mass is 250 g/mol. The highest BCUT2D eigenvalue weighted by Gasteiger charge is 2.24. The zero-order valence-electron chi connectivity index (χ0n) is 10.4. The van der Waals surface area contributed by atoms with E-state index in [9.17, 15) is 10.1 Å². The lowest BCUT2D eigenvalue weighted by molar-refractivity contribution is -0.387. The zero-order valence-corrected chi connectivity index (χ0v) is 10.4. The lowest BCUT2D eigenvalue weighted by atomic mass is 10.3. The van der Waals surface area contributed by atoms with Crippen LogP contribution in [0, 0.1) is 29.4 Å². The second-order valence-corrected chi connectivity index (χ2v) is 3.50. The van der Waals surface area contributed by atoms with Crippen molar-refractivity contribution in [1.82, 2.24) is 9.97 Å². The molecule has 0 aliphatic carbocycles. The highest BCUT2D eigenvalue weighted by atomic mass is 16.6. The average Bonchev–Trinajstić information content (AvgIpc) is 2.28. The molecule has 7 nitrogen and oxygen atoms in total. The summed E-state index contributed by atoms with van der Waals surface area (Å²) in [5.41, 5.74) is -0.0380. The first-order valence-electron chi connectivity index (χ1n) is 5.39. The Kier molecular flexibility index (Phi) is 4.43. The van der Waals surface area contributed by atoms with Gasteiger partial charge in [-0.25, -0.2) is 4.98 Å². The Morgan fingerprint density at radius 1 is 1.61 bits per heavy atom. The molecule has 96 valence electrons. The minimum atomic E-state index is -0.604. The topological polar surface area (TPSA) is 90.2 Å². The quantitative estimate of drug-likeness (QED) is 0.484. The van der Waals surface area contributed by atoms with Crippen molar-refractivity contribution in [2.24, 2.45) is 0 Å². The highest BCUT2D eigenvalue weighted by Crippen LogP contribution is 2.29. The summed E-state index contributed by atoms with van der Waals surface area (Å²) in [6.07, 6.45) is 4.57. The van der Waals surface area contributed by atoms with Crippen molar-refractivity contribution in [1.29, 1.82) is 0 Å². The lowest BCUT2D eigenvalue weighted by Crippen LogP contribution is -2.14. The van der Waals surface area contributed by atoms with Crippen LogP contribution in [0.1, 0.15) is 19.5 Å². The van der Waals surface area contributed by atoms with Crippen LogP contribution in [0.15, 0.2) is 0 Å². The molecule has 1 heterocycles. The van der Waals surface area contributed by atoms with Gasteiger partial charge in [0, 0.05) is 6.54 Å². The molecule has 1 aromatic heterocycles. The van der Waals surface area contributed by atoms with Crippen LogP contribution < -0.4 is 10.1 Å². The van der Waals surface area contributed by atoms with Gasteiger partial charge < -0.3 is 10.1 Å². The molecule has 0 saturated carbocycles. The average molecular weight is 250 g/mol. The molecule has 0 spiro atoms. The van der Waals surface area contributed by atoms with Gasteiger partial charge in [-0.1, -0.05) is 5.92 Å². The number of nitro groups is 1. The van der Waals surface area contributed by atoms with Crippen LogP contribution in [0.2, 0.25) is 0 Å². The fourth-order valence-corrected chi connectivity index (χ4v) is 1.27. The Balaban J connectivity index is 3.25. The van der Waals surface area contributed by atoms with E-state index in [1.54, 1.807) is 6.92 Å². The molecule has 0 aliphatic heterocycles. The third kappa shape index (κ3) is 3.07. The first kappa shape index (κ1) is 13.7. The molecule has 0 aromatic carbocycles. The van der Waals surface area contributed by atoms with Gasteiger partial charge in [-0.05, 0) is 20.8 Å². The van der Waals surface area contributed by atoms with Gasteiger partial charge in [-0.3, -0.25) is 10.1 Å². The first-order valence-corrected chi connectivity index (χ1v) is 5.39. The summed E-state index contributed by atoms with van der Waals surface area (Å²) < 4.78 is 5.25. The molecule has 0 bridgehead atoms. The van der Waals surface area contributed by atoms with Crippen molar-refractivity contribution < 1.29 is 9.66 Å². The number of hydrogen-bond acceptors (Lipinski definition) is 6. The molecule has 0 amide bonds. The van der Waals surface area contributed by atoms with Crippen LogP contribution in [0.5, 0.6) is 5.88 Å². The zero-order chi connectivity index (χ0) is 13.7. The normalized spacial score (nSPS) is 11.4. The number of nitrogens with one attached hydrogen (secondary N) is 1. The van der Waals surface area contributed by atoms with Gasteiger partial charge in [0.15, 0.2) is 6.10 Å². The Morgan fingerprint density at radius 2 is 2.28 bits per heavy atom. The van der Waals surface area contributed by atoms with E-state index in [0.29, 0.717) is 6.54 Å². The fraction of sp³-hybridized carbons (Fsp3) is 0.455. The molecule has 1 N–H and O–H groups in total. The summed E-state index contributed by atoms with van der Waals surface area (Å²) >= 11 is 0. The van der Waals surface area contributed by atoms with Gasteiger partial charge in [0.05, 0.1) is 4.92 Å². The van der Waals surface area contributed by atoms with Crippen LogP contribution in [0.25, 0.3) is 0 Å². The van der Waals surface area contributed by atoms with Gasteiger partial charge in [-0.2, -0.15) is 4.98 Å². The predicted molar refractivity (Wildman–Crippen MR) is 66.5 cm³/mol. The standard InChI is InChI=1S/C11H14N4O3/c1-5-7(3)18-10-9(15(16)17)8(4)13-11(14-10)12-6-2/h1,7H,6H2,2-4H3,(H,12,13,14). The van der Waals surface area contributed by atoms with Crippen molar-refractivity contribution in [3.05, 3.63) is 15.8 Å². The highest BCUT2D eigenvalue weighted by molar-refractivity contribution is 5.49. The molecule has 1 atom stereocenters. The number of aromatic nitrogens is 2. The lowest BCUT2D eigenvalue weighted by Gasteiger charge is -2.11. The van der Waals surface area contributed by atoms with Crippen molar-refractivity contribution in [2.75, 3.05) is 11.9 Å². The van der Waals surface area contributed by atoms with Crippen molar-refractivity contribution in [2.45, 2.75) is 26.9 Å². The number of nitrogens with zero attached hydrogens (tertiary/aromatic N) is 3. The van der Waals surface area contributed by atoms with Crippen LogP contribution in [0.3, 0.4) is 0 Å². The fourth-order valence-electron chi connectivity index (χ4n) is 1.27. The Labute approximate surface area is 105 Å². The van der Waals surface area contributed by atoms with Crippen molar-refractivity contribution in [3.63, 3.8) is 0 Å². The summed E-state index contributed by atoms with van der Waals surface area (Å²) in [4.78, 5) is 18.3. The molecule has 7 heteroatoms. The summed E-state index contributed by atoms with van der Waals surface area (Å²) in [5.74, 6) is 2.49. The SMILES string of the molecule is C#CC(C)Oc1nc(NCC)nc(C)c1[N+](=O)[O-]. The van der Waals surface area contributed by atoms with Gasteiger partial charge in [0.1, 0.15) is 5.69 Å². The molecular formula is C11H14N4O3. The molecule has 0 radical (unpaired) electrons. The Morgan fingerprint density at radius 3 is 2.78 bits per heavy atom. The van der Waals surface area contributed by atoms with Gasteiger partial charge >= 0.3 is 11.6 Å². The first-order chi connectivity index (χ1) is 8.49. The van der Waals surface area contributed by atoms with Crippen molar-refractivity contribution in [3.8, 4) is 18.2 Å². The van der Waals surface area contributed by atoms with Gasteiger partial charge in [0.2, 0.25) is 5.95 Å². The third-order valence-corrected chi connectivity index (χ3v) is 2.07. The van der Waals surface area contributed by atoms with E-state index >= 15 is 0 Å². The second-order valence-electron chi connectivity index (χ2n) is 3.50. The van der Waals surface area contributed by atoms with Crippen LogP contribution in [-0.4, -0.2) is 27.5 Å². The number of hydrogen-bond donors (Lipinski definition) is 1. The minimum Gasteiger partial charge on any atom is -0.456 e. The molecule has 1 unspecified atom stereocenters. The van der Waals surface area contributed by atoms with E-state index in [-0.39, 0.29) is 23.2 Å². The summed E-state index contributed by atoms with van der Waals surface area (Å²) in [6.45, 7) is 5.59. The van der Waals surface area contributed by atoms with E-state index in [1.807, 2.05) is 6.92 Å². The Hall–Kier alpha value is -2.36. The predicted octanol–water partition coefficient (Wildman–Crippen LogP) is 1.53. The van der Waals surface area contributed by atoms with E-state index in [2.05, 4.69) is 21.2 Å². The van der Waals surface area contributed by atoms with E-state index in [0.717, 1.165) is 0 Å². The molecule has 1 aromatic rings. The molecule has 0 aliphatic rings. The molecule has 0 fully saturated rings. The molecule has 0 saturated heterocycles. The smallest absolute Gasteiger partial charge is 0.352 e. The summed E-state index contributed by atoms with van der Waals surface area (Å²) in [7, 11) is 0. The number of ether oxygens (including phenoxy) is 1. The van der Waals surface area contributed by atoms with Gasteiger partial charge in [-0.15, -0.1) is 6.42 Å². The third-order valence-electron chi connectivity index (χ3n) is 2.07. The van der Waals surface area contributed by atoms with Crippen LogP contribution in [-0.2, 0) is 0 Å². The van der Waals surface area contributed by atoms with E-state index in [1.165, 1.54) is 6.92 Å². The number of aryl methyl sites for hydroxylation is 1. The summed E-state index contributed by atoms with van der Waals surface area (Å²) in [6, 6.07) is 0. The van der Waals surface area contributed by atoms with E-state index in [4.69, 9.17) is 11.2 Å². The maximum Gasteiger partial charge on any atom is 0.352 e. The van der Waals surface area contributed by atoms with E-state index < -0.39 is 11.0 Å².